The third kappa shape index (κ3) is 3.87. The van der Waals surface area contributed by atoms with E-state index in [1.165, 1.54) is 19.3 Å². The summed E-state index contributed by atoms with van der Waals surface area (Å²) in [6.07, 6.45) is 1.45. The van der Waals surface area contributed by atoms with Crippen LogP contribution in [0.3, 0.4) is 0 Å². The Labute approximate surface area is 136 Å². The molecular formula is C14H12Cl2N4O2. The average Bonchev–Trinajstić information content (AvgIpc) is 2.47. The van der Waals surface area contributed by atoms with Crippen LogP contribution in [0.5, 0.6) is 0 Å². The van der Waals surface area contributed by atoms with Gasteiger partial charge in [-0.05, 0) is 18.2 Å². The van der Waals surface area contributed by atoms with Crippen LogP contribution < -0.4 is 16.0 Å². The molecule has 8 heteroatoms. The molecule has 0 spiro atoms. The number of nitrogens with one attached hydrogen (secondary N) is 3. The zero-order valence-corrected chi connectivity index (χ0v) is 13.0. The van der Waals surface area contributed by atoms with Gasteiger partial charge in [0.05, 0.1) is 15.6 Å². The smallest absolute Gasteiger partial charge is 0.320 e. The minimum absolute atomic E-state index is 0.184. The van der Waals surface area contributed by atoms with Crippen LogP contribution in [0.4, 0.5) is 16.3 Å². The molecule has 1 aromatic carbocycles. The molecule has 6 nitrogen and oxygen atoms in total. The fraction of sp³-hybridized carbons (Fsp3) is 0.0714. The number of amides is 3. The largest absolute Gasteiger partial charge is 0.341 e. The molecule has 0 aliphatic rings. The van der Waals surface area contributed by atoms with Gasteiger partial charge in [0.25, 0.3) is 5.91 Å². The van der Waals surface area contributed by atoms with Crippen molar-refractivity contribution in [2.24, 2.45) is 0 Å². The van der Waals surface area contributed by atoms with E-state index in [4.69, 9.17) is 23.2 Å². The summed E-state index contributed by atoms with van der Waals surface area (Å²) in [6, 6.07) is 7.49. The third-order valence-corrected chi connectivity index (χ3v) is 3.31. The van der Waals surface area contributed by atoms with Gasteiger partial charge in [-0.2, -0.15) is 0 Å². The summed E-state index contributed by atoms with van der Waals surface area (Å²) in [6.45, 7) is 0. The highest BCUT2D eigenvalue weighted by atomic mass is 35.5. The van der Waals surface area contributed by atoms with Crippen molar-refractivity contribution in [2.45, 2.75) is 0 Å². The number of hydrogen-bond donors (Lipinski definition) is 3. The number of hydrogen-bond acceptors (Lipinski definition) is 3. The van der Waals surface area contributed by atoms with Crippen LogP contribution in [-0.2, 0) is 0 Å². The molecule has 2 aromatic rings. The van der Waals surface area contributed by atoms with Crippen LogP contribution in [0.15, 0.2) is 36.5 Å². The Bertz CT molecular complexity index is 701. The van der Waals surface area contributed by atoms with Crippen LogP contribution in [0.25, 0.3) is 0 Å². The van der Waals surface area contributed by atoms with Gasteiger partial charge in [-0.3, -0.25) is 10.1 Å². The first-order valence-electron chi connectivity index (χ1n) is 6.21. The van der Waals surface area contributed by atoms with Crippen LogP contribution in [0, 0.1) is 0 Å². The number of carbonyl (C=O) groups is 2. The number of nitrogens with zero attached hydrogens (tertiary/aromatic N) is 1. The first-order valence-corrected chi connectivity index (χ1v) is 6.97. The predicted octanol–water partition coefficient (Wildman–Crippen LogP) is 3.39. The highest BCUT2D eigenvalue weighted by Crippen LogP contribution is 2.25. The summed E-state index contributed by atoms with van der Waals surface area (Å²) in [4.78, 5) is 27.5. The zero-order chi connectivity index (χ0) is 16.1. The summed E-state index contributed by atoms with van der Waals surface area (Å²) < 4.78 is 0. The standard InChI is InChI=1S/C14H12Cl2N4O2/c1-17-14(22)20-11-7-8(5-6-18-11)19-13(21)12-9(15)3-2-4-10(12)16/h2-7H,1H3,(H3,17,18,19,20,21,22). The fourth-order valence-corrected chi connectivity index (χ4v) is 2.23. The molecule has 0 atom stereocenters. The summed E-state index contributed by atoms with van der Waals surface area (Å²) in [5.41, 5.74) is 0.630. The molecule has 0 bridgehead atoms. The lowest BCUT2D eigenvalue weighted by molar-refractivity contribution is 0.102. The van der Waals surface area contributed by atoms with Gasteiger partial charge in [-0.1, -0.05) is 29.3 Å². The molecule has 0 radical (unpaired) electrons. The van der Waals surface area contributed by atoms with Crippen LogP contribution in [0.1, 0.15) is 10.4 Å². The summed E-state index contributed by atoms with van der Waals surface area (Å²) in [5, 5.41) is 8.06. The summed E-state index contributed by atoms with van der Waals surface area (Å²) in [7, 11) is 1.49. The maximum atomic E-state index is 12.2. The minimum Gasteiger partial charge on any atom is -0.341 e. The highest BCUT2D eigenvalue weighted by molar-refractivity contribution is 6.40. The van der Waals surface area contributed by atoms with Gasteiger partial charge in [0.1, 0.15) is 5.82 Å². The van der Waals surface area contributed by atoms with Crippen molar-refractivity contribution >= 4 is 46.6 Å². The molecule has 0 aliphatic heterocycles. The van der Waals surface area contributed by atoms with Crippen LogP contribution in [-0.4, -0.2) is 24.0 Å². The molecule has 0 fully saturated rings. The van der Waals surface area contributed by atoms with Gasteiger partial charge in [0.2, 0.25) is 0 Å². The number of halogens is 2. The lowest BCUT2D eigenvalue weighted by atomic mass is 10.2. The number of benzene rings is 1. The van der Waals surface area contributed by atoms with Gasteiger partial charge >= 0.3 is 6.03 Å². The molecule has 22 heavy (non-hydrogen) atoms. The maximum absolute atomic E-state index is 12.2. The number of aromatic nitrogens is 1. The monoisotopic (exact) mass is 338 g/mol. The van der Waals surface area contributed by atoms with Crippen molar-refractivity contribution in [3.05, 3.63) is 52.1 Å². The van der Waals surface area contributed by atoms with Crippen molar-refractivity contribution in [2.75, 3.05) is 17.7 Å². The number of anilines is 2. The lowest BCUT2D eigenvalue weighted by Crippen LogP contribution is -2.25. The van der Waals surface area contributed by atoms with E-state index >= 15 is 0 Å². The SMILES string of the molecule is CNC(=O)Nc1cc(NC(=O)c2c(Cl)cccc2Cl)ccn1. The predicted molar refractivity (Wildman–Crippen MR) is 86.7 cm³/mol. The molecule has 0 saturated carbocycles. The van der Waals surface area contributed by atoms with Crippen molar-refractivity contribution in [1.82, 2.24) is 10.3 Å². The molecule has 0 aliphatic carbocycles. The van der Waals surface area contributed by atoms with E-state index < -0.39 is 11.9 Å². The number of pyridine rings is 1. The second-order valence-electron chi connectivity index (χ2n) is 4.18. The molecule has 1 aromatic heterocycles. The van der Waals surface area contributed by atoms with Gasteiger partial charge in [0, 0.05) is 25.0 Å². The topological polar surface area (TPSA) is 83.1 Å². The molecule has 114 valence electrons. The van der Waals surface area contributed by atoms with E-state index in [0.29, 0.717) is 11.5 Å². The van der Waals surface area contributed by atoms with Crippen molar-refractivity contribution in [3.8, 4) is 0 Å². The second-order valence-corrected chi connectivity index (χ2v) is 5.00. The Balaban J connectivity index is 2.18. The normalized spacial score (nSPS) is 9.95. The van der Waals surface area contributed by atoms with E-state index in [-0.39, 0.29) is 15.6 Å². The Morgan fingerprint density at radius 3 is 2.41 bits per heavy atom. The van der Waals surface area contributed by atoms with Crippen molar-refractivity contribution in [3.63, 3.8) is 0 Å². The molecule has 0 unspecified atom stereocenters. The van der Waals surface area contributed by atoms with Crippen molar-refractivity contribution in [1.29, 1.82) is 0 Å². The Hall–Kier alpha value is -2.31. The third-order valence-electron chi connectivity index (χ3n) is 2.68. The van der Waals surface area contributed by atoms with E-state index in [1.54, 1.807) is 24.3 Å². The molecule has 3 N–H and O–H groups in total. The first-order chi connectivity index (χ1) is 10.5. The second kappa shape index (κ2) is 7.11. The molecule has 0 saturated heterocycles. The molecule has 1 heterocycles. The maximum Gasteiger partial charge on any atom is 0.320 e. The Kier molecular flexibility index (Phi) is 5.19. The van der Waals surface area contributed by atoms with E-state index in [2.05, 4.69) is 20.9 Å². The molecule has 3 amide bonds. The lowest BCUT2D eigenvalue weighted by Gasteiger charge is -2.09. The number of rotatable bonds is 3. The number of carbonyl (C=O) groups excluding carboxylic acids is 2. The quantitative estimate of drug-likeness (QED) is 0.801. The first kappa shape index (κ1) is 16.1. The average molecular weight is 339 g/mol. The van der Waals surface area contributed by atoms with Gasteiger partial charge in [-0.15, -0.1) is 0 Å². The van der Waals surface area contributed by atoms with Crippen LogP contribution >= 0.6 is 23.2 Å². The van der Waals surface area contributed by atoms with E-state index in [1.807, 2.05) is 0 Å². The Morgan fingerprint density at radius 1 is 1.09 bits per heavy atom. The zero-order valence-electron chi connectivity index (χ0n) is 11.5. The van der Waals surface area contributed by atoms with E-state index in [9.17, 15) is 9.59 Å². The summed E-state index contributed by atoms with van der Waals surface area (Å²) >= 11 is 12.0. The van der Waals surface area contributed by atoms with Gasteiger partial charge in [-0.25, -0.2) is 9.78 Å². The van der Waals surface area contributed by atoms with Gasteiger partial charge in [0.15, 0.2) is 0 Å². The highest BCUT2D eigenvalue weighted by Gasteiger charge is 2.15. The minimum atomic E-state index is -0.451. The van der Waals surface area contributed by atoms with Crippen LogP contribution in [0.2, 0.25) is 10.0 Å². The molecule has 2 rings (SSSR count). The summed E-state index contributed by atoms with van der Waals surface area (Å²) in [5.74, 6) is -0.157. The van der Waals surface area contributed by atoms with Crippen molar-refractivity contribution < 1.29 is 9.59 Å². The van der Waals surface area contributed by atoms with E-state index in [0.717, 1.165) is 0 Å². The Morgan fingerprint density at radius 2 is 1.77 bits per heavy atom. The fourth-order valence-electron chi connectivity index (χ4n) is 1.66. The molecular weight excluding hydrogens is 327 g/mol. The number of urea groups is 1. The van der Waals surface area contributed by atoms with Gasteiger partial charge < -0.3 is 10.6 Å².